The van der Waals surface area contributed by atoms with Gasteiger partial charge in [-0.2, -0.15) is 0 Å². The molecule has 0 heterocycles. The van der Waals surface area contributed by atoms with Gasteiger partial charge in [-0.05, 0) is 43.2 Å². The minimum absolute atomic E-state index is 0.0931. The third-order valence-electron chi connectivity index (χ3n) is 4.39. The fraction of sp³-hybridized carbons (Fsp3) is 0.562. The second-order valence-electron chi connectivity index (χ2n) is 5.63. The second-order valence-corrected chi connectivity index (χ2v) is 5.63. The lowest BCUT2D eigenvalue weighted by Gasteiger charge is -2.26. The SMILES string of the molecule is O=C(NC1CCCC1)C1CCCc2ccccc21. The molecule has 2 aliphatic rings. The Labute approximate surface area is 109 Å². The van der Waals surface area contributed by atoms with Gasteiger partial charge in [0.2, 0.25) is 5.91 Å². The quantitative estimate of drug-likeness (QED) is 0.849. The zero-order valence-corrected chi connectivity index (χ0v) is 10.8. The number of carbonyl (C=O) groups excluding carboxylic acids is 1. The van der Waals surface area contributed by atoms with Crippen molar-refractivity contribution in [2.45, 2.75) is 56.9 Å². The number of aryl methyl sites for hydroxylation is 1. The highest BCUT2D eigenvalue weighted by atomic mass is 16.1. The lowest BCUT2D eigenvalue weighted by Crippen LogP contribution is -2.37. The van der Waals surface area contributed by atoms with Crippen LogP contribution in [0.5, 0.6) is 0 Å². The van der Waals surface area contributed by atoms with E-state index in [2.05, 4.69) is 29.6 Å². The van der Waals surface area contributed by atoms with Crippen LogP contribution in [0.2, 0.25) is 0 Å². The minimum atomic E-state index is 0.0931. The minimum Gasteiger partial charge on any atom is -0.353 e. The molecule has 0 aromatic heterocycles. The Morgan fingerprint density at radius 3 is 2.67 bits per heavy atom. The molecule has 0 aliphatic heterocycles. The van der Waals surface area contributed by atoms with E-state index in [9.17, 15) is 4.79 Å². The molecule has 0 saturated heterocycles. The van der Waals surface area contributed by atoms with Crippen molar-refractivity contribution in [3.63, 3.8) is 0 Å². The number of fused-ring (bicyclic) bond motifs is 1. The summed E-state index contributed by atoms with van der Waals surface area (Å²) in [6, 6.07) is 8.87. The Kier molecular flexibility index (Phi) is 3.35. The molecule has 2 aliphatic carbocycles. The first-order valence-electron chi connectivity index (χ1n) is 7.23. The van der Waals surface area contributed by atoms with E-state index >= 15 is 0 Å². The lowest BCUT2D eigenvalue weighted by molar-refractivity contribution is -0.123. The molecule has 1 N–H and O–H groups in total. The average Bonchev–Trinajstić information content (AvgIpc) is 2.91. The number of amides is 1. The summed E-state index contributed by atoms with van der Waals surface area (Å²) in [5, 5.41) is 3.25. The normalized spacial score (nSPS) is 23.7. The third kappa shape index (κ3) is 2.29. The number of rotatable bonds is 2. The number of nitrogens with one attached hydrogen (secondary N) is 1. The van der Waals surface area contributed by atoms with Crippen LogP contribution in [0.3, 0.4) is 0 Å². The van der Waals surface area contributed by atoms with Crippen molar-refractivity contribution in [3.8, 4) is 0 Å². The largest absolute Gasteiger partial charge is 0.353 e. The number of carbonyl (C=O) groups is 1. The predicted octanol–water partition coefficient (Wildman–Crippen LogP) is 3.17. The van der Waals surface area contributed by atoms with Crippen molar-refractivity contribution in [1.82, 2.24) is 5.32 Å². The summed E-state index contributed by atoms with van der Waals surface area (Å²) in [6.07, 6.45) is 8.15. The smallest absolute Gasteiger partial charge is 0.227 e. The van der Waals surface area contributed by atoms with Crippen LogP contribution in [0.15, 0.2) is 24.3 Å². The van der Waals surface area contributed by atoms with Gasteiger partial charge in [-0.3, -0.25) is 4.79 Å². The molecule has 1 aromatic carbocycles. The van der Waals surface area contributed by atoms with Crippen molar-refractivity contribution >= 4 is 5.91 Å². The fourth-order valence-electron chi connectivity index (χ4n) is 3.40. The van der Waals surface area contributed by atoms with Gasteiger partial charge in [0, 0.05) is 6.04 Å². The van der Waals surface area contributed by atoms with Crippen molar-refractivity contribution in [3.05, 3.63) is 35.4 Å². The van der Waals surface area contributed by atoms with Crippen molar-refractivity contribution in [2.24, 2.45) is 0 Å². The summed E-state index contributed by atoms with van der Waals surface area (Å²) >= 11 is 0. The standard InChI is InChI=1S/C16H21NO/c18-16(17-13-8-2-3-9-13)15-11-5-7-12-6-1-4-10-14(12)15/h1,4,6,10,13,15H,2-3,5,7-9,11H2,(H,17,18). The number of hydrogen-bond donors (Lipinski definition) is 1. The average molecular weight is 243 g/mol. The number of hydrogen-bond acceptors (Lipinski definition) is 1. The molecule has 1 atom stereocenters. The van der Waals surface area contributed by atoms with E-state index in [-0.39, 0.29) is 11.8 Å². The summed E-state index contributed by atoms with van der Waals surface area (Å²) in [6.45, 7) is 0. The van der Waals surface area contributed by atoms with E-state index < -0.39 is 0 Å². The molecule has 1 fully saturated rings. The maximum atomic E-state index is 12.4. The summed E-state index contributed by atoms with van der Waals surface area (Å²) < 4.78 is 0. The molecule has 2 nitrogen and oxygen atoms in total. The summed E-state index contributed by atoms with van der Waals surface area (Å²) in [4.78, 5) is 12.4. The van der Waals surface area contributed by atoms with Gasteiger partial charge in [-0.25, -0.2) is 0 Å². The molecule has 18 heavy (non-hydrogen) atoms. The molecule has 1 unspecified atom stereocenters. The second kappa shape index (κ2) is 5.13. The molecule has 2 heteroatoms. The first kappa shape index (κ1) is 11.8. The monoisotopic (exact) mass is 243 g/mol. The highest BCUT2D eigenvalue weighted by Crippen LogP contribution is 2.32. The van der Waals surface area contributed by atoms with E-state index in [1.807, 2.05) is 0 Å². The van der Waals surface area contributed by atoms with Gasteiger partial charge in [0.25, 0.3) is 0 Å². The Bertz CT molecular complexity index is 434. The summed E-state index contributed by atoms with van der Waals surface area (Å²) in [7, 11) is 0. The van der Waals surface area contributed by atoms with E-state index in [1.54, 1.807) is 0 Å². The molecule has 1 saturated carbocycles. The lowest BCUT2D eigenvalue weighted by atomic mass is 9.82. The van der Waals surface area contributed by atoms with Crippen LogP contribution >= 0.6 is 0 Å². The van der Waals surface area contributed by atoms with E-state index in [4.69, 9.17) is 0 Å². The predicted molar refractivity (Wildman–Crippen MR) is 72.5 cm³/mol. The van der Waals surface area contributed by atoms with Gasteiger partial charge >= 0.3 is 0 Å². The van der Waals surface area contributed by atoms with Crippen LogP contribution in [0.25, 0.3) is 0 Å². The first-order valence-corrected chi connectivity index (χ1v) is 7.23. The first-order chi connectivity index (χ1) is 8.84. The summed E-state index contributed by atoms with van der Waals surface area (Å²) in [5.74, 6) is 0.351. The molecule has 1 aromatic rings. The van der Waals surface area contributed by atoms with Gasteiger partial charge in [0.05, 0.1) is 5.92 Å². The van der Waals surface area contributed by atoms with E-state index in [1.165, 1.54) is 36.8 Å². The van der Waals surface area contributed by atoms with Crippen LogP contribution in [0.4, 0.5) is 0 Å². The molecule has 3 rings (SSSR count). The Hall–Kier alpha value is -1.31. The molecule has 0 radical (unpaired) electrons. The maximum Gasteiger partial charge on any atom is 0.227 e. The highest BCUT2D eigenvalue weighted by molar-refractivity contribution is 5.84. The Morgan fingerprint density at radius 2 is 1.83 bits per heavy atom. The van der Waals surface area contributed by atoms with E-state index in [0.717, 1.165) is 19.3 Å². The number of benzene rings is 1. The fourth-order valence-corrected chi connectivity index (χ4v) is 3.40. The molecular formula is C16H21NO. The topological polar surface area (TPSA) is 29.1 Å². The maximum absolute atomic E-state index is 12.4. The van der Waals surface area contributed by atoms with Gasteiger partial charge in [0.1, 0.15) is 0 Å². The summed E-state index contributed by atoms with van der Waals surface area (Å²) in [5.41, 5.74) is 2.63. The Morgan fingerprint density at radius 1 is 1.06 bits per heavy atom. The zero-order valence-electron chi connectivity index (χ0n) is 10.8. The van der Waals surface area contributed by atoms with Crippen molar-refractivity contribution < 1.29 is 4.79 Å². The van der Waals surface area contributed by atoms with Crippen LogP contribution in [0.1, 0.15) is 55.6 Å². The van der Waals surface area contributed by atoms with Gasteiger partial charge in [-0.15, -0.1) is 0 Å². The molecule has 0 bridgehead atoms. The van der Waals surface area contributed by atoms with Crippen molar-refractivity contribution in [1.29, 1.82) is 0 Å². The zero-order chi connectivity index (χ0) is 12.4. The molecule has 96 valence electrons. The van der Waals surface area contributed by atoms with Gasteiger partial charge < -0.3 is 5.32 Å². The molecular weight excluding hydrogens is 222 g/mol. The van der Waals surface area contributed by atoms with Crippen LogP contribution in [-0.2, 0) is 11.2 Å². The molecule has 0 spiro atoms. The van der Waals surface area contributed by atoms with Gasteiger partial charge in [0.15, 0.2) is 0 Å². The third-order valence-corrected chi connectivity index (χ3v) is 4.39. The highest BCUT2D eigenvalue weighted by Gasteiger charge is 2.28. The van der Waals surface area contributed by atoms with E-state index in [0.29, 0.717) is 6.04 Å². The van der Waals surface area contributed by atoms with Crippen LogP contribution < -0.4 is 5.32 Å². The van der Waals surface area contributed by atoms with Gasteiger partial charge in [-0.1, -0.05) is 37.1 Å². The molecule has 1 amide bonds. The van der Waals surface area contributed by atoms with Crippen LogP contribution in [0, 0.1) is 0 Å². The van der Waals surface area contributed by atoms with Crippen molar-refractivity contribution in [2.75, 3.05) is 0 Å². The van der Waals surface area contributed by atoms with Crippen LogP contribution in [-0.4, -0.2) is 11.9 Å². The Balaban J connectivity index is 1.74.